The van der Waals surface area contributed by atoms with Crippen LogP contribution in [0.25, 0.3) is 0 Å². The second-order valence-corrected chi connectivity index (χ2v) is 5.32. The number of benzene rings is 1. The van der Waals surface area contributed by atoms with Crippen molar-refractivity contribution in [1.82, 2.24) is 4.90 Å². The van der Waals surface area contributed by atoms with Gasteiger partial charge in [-0.3, -0.25) is 4.90 Å². The Hall–Kier alpha value is -0.470. The van der Waals surface area contributed by atoms with Crippen LogP contribution in [-0.2, 0) is 6.54 Å². The molecule has 0 unspecified atom stereocenters. The molecule has 0 aromatic heterocycles. The molecule has 0 atom stereocenters. The van der Waals surface area contributed by atoms with Gasteiger partial charge in [0.2, 0.25) is 0 Å². The first-order valence-electron chi connectivity index (χ1n) is 6.24. The van der Waals surface area contributed by atoms with Gasteiger partial charge in [0.15, 0.2) is 0 Å². The van der Waals surface area contributed by atoms with Crippen LogP contribution in [-0.4, -0.2) is 18.0 Å². The molecule has 1 aromatic carbocycles. The molecule has 0 radical (unpaired) electrons. The summed E-state index contributed by atoms with van der Waals surface area (Å²) in [5, 5.41) is 0. The van der Waals surface area contributed by atoms with Gasteiger partial charge >= 0.3 is 0 Å². The molecule has 0 N–H and O–H groups in total. The first-order valence-corrected chi connectivity index (χ1v) is 6.69. The summed E-state index contributed by atoms with van der Waals surface area (Å²) in [4.78, 5) is 3.61. The lowest BCUT2D eigenvalue weighted by Gasteiger charge is -2.31. The van der Waals surface area contributed by atoms with E-state index in [0.29, 0.717) is 0 Å². The minimum absolute atomic E-state index is 0.779. The molecular formula is C14H21NS. The van der Waals surface area contributed by atoms with Gasteiger partial charge in [0, 0.05) is 17.5 Å². The van der Waals surface area contributed by atoms with Gasteiger partial charge in [0.05, 0.1) is 0 Å². The highest BCUT2D eigenvalue weighted by molar-refractivity contribution is 7.80. The summed E-state index contributed by atoms with van der Waals surface area (Å²) >= 11 is 4.51. The molecule has 0 saturated heterocycles. The third kappa shape index (κ3) is 3.02. The molecule has 0 aliphatic heterocycles. The minimum Gasteiger partial charge on any atom is -0.299 e. The molecule has 16 heavy (non-hydrogen) atoms. The highest BCUT2D eigenvalue weighted by Crippen LogP contribution is 2.24. The summed E-state index contributed by atoms with van der Waals surface area (Å²) in [5.41, 5.74) is 1.35. The zero-order valence-electron chi connectivity index (χ0n) is 10.0. The molecule has 1 aliphatic carbocycles. The minimum atomic E-state index is 0.779. The first kappa shape index (κ1) is 12.0. The Morgan fingerprint density at radius 1 is 1.19 bits per heavy atom. The number of nitrogens with zero attached hydrogens (tertiary/aromatic N) is 1. The summed E-state index contributed by atoms with van der Waals surface area (Å²) in [6.07, 6.45) is 6.96. The van der Waals surface area contributed by atoms with Gasteiger partial charge in [-0.25, -0.2) is 0 Å². The summed E-state index contributed by atoms with van der Waals surface area (Å²) in [6, 6.07) is 9.19. The topological polar surface area (TPSA) is 3.24 Å². The van der Waals surface area contributed by atoms with Gasteiger partial charge in [0.1, 0.15) is 0 Å². The average molecular weight is 235 g/mol. The van der Waals surface area contributed by atoms with Crippen molar-refractivity contribution in [3.8, 4) is 0 Å². The van der Waals surface area contributed by atoms with Crippen LogP contribution in [0, 0.1) is 0 Å². The van der Waals surface area contributed by atoms with Crippen molar-refractivity contribution in [2.45, 2.75) is 49.6 Å². The van der Waals surface area contributed by atoms with Crippen molar-refractivity contribution in [1.29, 1.82) is 0 Å². The Morgan fingerprint density at radius 2 is 1.88 bits per heavy atom. The van der Waals surface area contributed by atoms with E-state index in [0.717, 1.165) is 17.5 Å². The molecule has 2 heteroatoms. The fourth-order valence-corrected chi connectivity index (χ4v) is 2.80. The largest absolute Gasteiger partial charge is 0.299 e. The smallest absolute Gasteiger partial charge is 0.0244 e. The highest BCUT2D eigenvalue weighted by Gasteiger charge is 2.18. The SMILES string of the molecule is CN(Cc1ccccc1S)C1CCCCC1. The zero-order chi connectivity index (χ0) is 11.4. The van der Waals surface area contributed by atoms with E-state index in [-0.39, 0.29) is 0 Å². The molecule has 0 spiro atoms. The van der Waals surface area contributed by atoms with Crippen molar-refractivity contribution < 1.29 is 0 Å². The summed E-state index contributed by atoms with van der Waals surface area (Å²) in [7, 11) is 2.25. The van der Waals surface area contributed by atoms with Crippen LogP contribution in [0.3, 0.4) is 0 Å². The molecule has 1 nitrogen and oxygen atoms in total. The molecule has 2 rings (SSSR count). The van der Waals surface area contributed by atoms with E-state index in [1.54, 1.807) is 0 Å². The Labute approximate surface area is 104 Å². The van der Waals surface area contributed by atoms with Crippen molar-refractivity contribution in [3.05, 3.63) is 29.8 Å². The van der Waals surface area contributed by atoms with Crippen molar-refractivity contribution >= 4 is 12.6 Å². The predicted molar refractivity (Wildman–Crippen MR) is 72.0 cm³/mol. The maximum Gasteiger partial charge on any atom is 0.0244 e. The quantitative estimate of drug-likeness (QED) is 0.781. The lowest BCUT2D eigenvalue weighted by molar-refractivity contribution is 0.183. The molecule has 0 amide bonds. The molecule has 0 heterocycles. The maximum atomic E-state index is 4.51. The van der Waals surface area contributed by atoms with Crippen LogP contribution < -0.4 is 0 Å². The lowest BCUT2D eigenvalue weighted by atomic mass is 9.94. The number of thiol groups is 1. The summed E-state index contributed by atoms with van der Waals surface area (Å²) in [6.45, 7) is 1.03. The third-order valence-electron chi connectivity index (χ3n) is 3.61. The van der Waals surface area contributed by atoms with E-state index in [1.165, 1.54) is 37.7 Å². The molecular weight excluding hydrogens is 214 g/mol. The second kappa shape index (κ2) is 5.74. The molecule has 1 fully saturated rings. The molecule has 0 bridgehead atoms. The first-order chi connectivity index (χ1) is 7.77. The number of rotatable bonds is 3. The fraction of sp³-hybridized carbons (Fsp3) is 0.571. The van der Waals surface area contributed by atoms with E-state index in [1.807, 2.05) is 6.07 Å². The van der Waals surface area contributed by atoms with Crippen LogP contribution in [0.2, 0.25) is 0 Å². The van der Waals surface area contributed by atoms with Crippen molar-refractivity contribution in [2.24, 2.45) is 0 Å². The second-order valence-electron chi connectivity index (χ2n) is 4.84. The standard InChI is InChI=1S/C14H21NS/c1-15(13-8-3-2-4-9-13)11-12-7-5-6-10-14(12)16/h5-7,10,13,16H,2-4,8-9,11H2,1H3. The van der Waals surface area contributed by atoms with Gasteiger partial charge in [-0.05, 0) is 31.5 Å². The van der Waals surface area contributed by atoms with Crippen molar-refractivity contribution in [3.63, 3.8) is 0 Å². The predicted octanol–water partition coefficient (Wildman–Crippen LogP) is 3.74. The Bertz CT molecular complexity index is 331. The van der Waals surface area contributed by atoms with Gasteiger partial charge in [-0.1, -0.05) is 37.5 Å². The number of hydrogen-bond donors (Lipinski definition) is 1. The average Bonchev–Trinajstić information content (AvgIpc) is 2.33. The Kier molecular flexibility index (Phi) is 4.30. The summed E-state index contributed by atoms with van der Waals surface area (Å²) in [5.74, 6) is 0. The maximum absolute atomic E-state index is 4.51. The van der Waals surface area contributed by atoms with E-state index >= 15 is 0 Å². The van der Waals surface area contributed by atoms with Gasteiger partial charge in [-0.15, -0.1) is 12.6 Å². The monoisotopic (exact) mass is 235 g/mol. The van der Waals surface area contributed by atoms with Crippen LogP contribution in [0.5, 0.6) is 0 Å². The summed E-state index contributed by atoms with van der Waals surface area (Å²) < 4.78 is 0. The molecule has 1 saturated carbocycles. The highest BCUT2D eigenvalue weighted by atomic mass is 32.1. The molecule has 88 valence electrons. The third-order valence-corrected chi connectivity index (χ3v) is 4.05. The van der Waals surface area contributed by atoms with Crippen LogP contribution in [0.4, 0.5) is 0 Å². The fourth-order valence-electron chi connectivity index (χ4n) is 2.56. The van der Waals surface area contributed by atoms with Crippen LogP contribution in [0.1, 0.15) is 37.7 Å². The van der Waals surface area contributed by atoms with Gasteiger partial charge in [-0.2, -0.15) is 0 Å². The van der Waals surface area contributed by atoms with E-state index < -0.39 is 0 Å². The van der Waals surface area contributed by atoms with E-state index in [4.69, 9.17) is 0 Å². The number of hydrogen-bond acceptors (Lipinski definition) is 2. The Balaban J connectivity index is 1.96. The van der Waals surface area contributed by atoms with E-state index in [9.17, 15) is 0 Å². The Morgan fingerprint density at radius 3 is 2.56 bits per heavy atom. The van der Waals surface area contributed by atoms with Crippen molar-refractivity contribution in [2.75, 3.05) is 7.05 Å². The normalized spacial score (nSPS) is 17.9. The zero-order valence-corrected chi connectivity index (χ0v) is 10.9. The lowest BCUT2D eigenvalue weighted by Crippen LogP contribution is -2.32. The van der Waals surface area contributed by atoms with Gasteiger partial charge in [0.25, 0.3) is 0 Å². The van der Waals surface area contributed by atoms with Crippen LogP contribution >= 0.6 is 12.6 Å². The molecule has 1 aliphatic rings. The van der Waals surface area contributed by atoms with Crippen LogP contribution in [0.15, 0.2) is 29.2 Å². The van der Waals surface area contributed by atoms with E-state index in [2.05, 4.69) is 42.8 Å². The van der Waals surface area contributed by atoms with Gasteiger partial charge < -0.3 is 0 Å². The molecule has 1 aromatic rings.